The Bertz CT molecular complexity index is 779. The summed E-state index contributed by atoms with van der Waals surface area (Å²) in [6.07, 6.45) is 4.36. The van der Waals surface area contributed by atoms with Crippen molar-refractivity contribution in [3.63, 3.8) is 0 Å². The SMILES string of the molecule is N#Cc1cccc(NC(=O)C2CN(C(=O)c3cnccn3)C2)c1. The van der Waals surface area contributed by atoms with E-state index in [2.05, 4.69) is 15.3 Å². The third kappa shape index (κ3) is 3.16. The summed E-state index contributed by atoms with van der Waals surface area (Å²) in [6.45, 7) is 0.693. The largest absolute Gasteiger partial charge is 0.336 e. The minimum atomic E-state index is -0.263. The molecule has 7 nitrogen and oxygen atoms in total. The van der Waals surface area contributed by atoms with Crippen LogP contribution in [0.5, 0.6) is 0 Å². The van der Waals surface area contributed by atoms with Crippen molar-refractivity contribution in [2.75, 3.05) is 18.4 Å². The molecular formula is C16H13N5O2. The van der Waals surface area contributed by atoms with E-state index in [0.29, 0.717) is 24.3 Å². The van der Waals surface area contributed by atoms with E-state index < -0.39 is 0 Å². The molecule has 0 aliphatic carbocycles. The van der Waals surface area contributed by atoms with Gasteiger partial charge in [0.1, 0.15) is 5.69 Å². The molecule has 0 bridgehead atoms. The van der Waals surface area contributed by atoms with Crippen molar-refractivity contribution in [3.8, 4) is 6.07 Å². The Morgan fingerprint density at radius 3 is 2.83 bits per heavy atom. The number of carbonyl (C=O) groups excluding carboxylic acids is 2. The highest BCUT2D eigenvalue weighted by Gasteiger charge is 2.36. The van der Waals surface area contributed by atoms with Crippen molar-refractivity contribution in [1.82, 2.24) is 14.9 Å². The molecule has 23 heavy (non-hydrogen) atoms. The molecule has 1 aromatic carbocycles. The number of anilines is 1. The highest BCUT2D eigenvalue weighted by atomic mass is 16.2. The zero-order chi connectivity index (χ0) is 16.2. The van der Waals surface area contributed by atoms with Gasteiger partial charge in [0, 0.05) is 31.2 Å². The van der Waals surface area contributed by atoms with Crippen molar-refractivity contribution in [2.45, 2.75) is 0 Å². The average molecular weight is 307 g/mol. The number of carbonyl (C=O) groups is 2. The van der Waals surface area contributed by atoms with Crippen LogP contribution in [-0.4, -0.2) is 39.8 Å². The fourth-order valence-corrected chi connectivity index (χ4v) is 2.29. The number of hydrogen-bond acceptors (Lipinski definition) is 5. The minimum absolute atomic E-state index is 0.164. The van der Waals surface area contributed by atoms with Gasteiger partial charge in [-0.1, -0.05) is 6.07 Å². The molecule has 0 unspecified atom stereocenters. The summed E-state index contributed by atoms with van der Waals surface area (Å²) in [5, 5.41) is 11.6. The van der Waals surface area contributed by atoms with E-state index in [4.69, 9.17) is 5.26 Å². The molecule has 2 amide bonds. The Hall–Kier alpha value is -3.27. The van der Waals surface area contributed by atoms with Crippen molar-refractivity contribution >= 4 is 17.5 Å². The second-order valence-corrected chi connectivity index (χ2v) is 5.18. The maximum atomic E-state index is 12.1. The number of amides is 2. The van der Waals surface area contributed by atoms with Crippen molar-refractivity contribution < 1.29 is 9.59 Å². The lowest BCUT2D eigenvalue weighted by Gasteiger charge is -2.37. The van der Waals surface area contributed by atoms with Crippen LogP contribution in [0.3, 0.4) is 0 Å². The zero-order valence-corrected chi connectivity index (χ0v) is 12.1. The molecule has 1 aliphatic rings. The van der Waals surface area contributed by atoms with Crippen molar-refractivity contribution in [2.24, 2.45) is 5.92 Å². The van der Waals surface area contributed by atoms with Gasteiger partial charge in [0.2, 0.25) is 5.91 Å². The van der Waals surface area contributed by atoms with E-state index >= 15 is 0 Å². The lowest BCUT2D eigenvalue weighted by Crippen LogP contribution is -2.54. The van der Waals surface area contributed by atoms with Gasteiger partial charge in [-0.25, -0.2) is 4.98 Å². The van der Waals surface area contributed by atoms with Crippen LogP contribution in [0.25, 0.3) is 0 Å². The van der Waals surface area contributed by atoms with Crippen LogP contribution in [0, 0.1) is 17.2 Å². The van der Waals surface area contributed by atoms with Crippen LogP contribution < -0.4 is 5.32 Å². The van der Waals surface area contributed by atoms with E-state index in [1.54, 1.807) is 29.2 Å². The number of nitrogens with zero attached hydrogens (tertiary/aromatic N) is 4. The van der Waals surface area contributed by atoms with Gasteiger partial charge in [-0.15, -0.1) is 0 Å². The molecule has 1 aliphatic heterocycles. The summed E-state index contributed by atoms with van der Waals surface area (Å²) in [5.41, 5.74) is 1.33. The molecule has 1 aromatic heterocycles. The molecule has 0 saturated carbocycles. The Morgan fingerprint density at radius 2 is 2.13 bits per heavy atom. The molecule has 7 heteroatoms. The smallest absolute Gasteiger partial charge is 0.274 e. The van der Waals surface area contributed by atoms with Crippen molar-refractivity contribution in [1.29, 1.82) is 5.26 Å². The fourth-order valence-electron chi connectivity index (χ4n) is 2.29. The number of nitrogens with one attached hydrogen (secondary N) is 1. The summed E-state index contributed by atoms with van der Waals surface area (Å²) in [5.74, 6) is -0.654. The first-order valence-electron chi connectivity index (χ1n) is 7.03. The number of hydrogen-bond donors (Lipinski definition) is 1. The van der Waals surface area contributed by atoms with Gasteiger partial charge in [-0.2, -0.15) is 5.26 Å². The lowest BCUT2D eigenvalue weighted by atomic mass is 9.98. The van der Waals surface area contributed by atoms with E-state index in [1.165, 1.54) is 18.6 Å². The first-order chi connectivity index (χ1) is 11.2. The molecule has 114 valence electrons. The summed E-state index contributed by atoms with van der Waals surface area (Å²) >= 11 is 0. The number of aromatic nitrogens is 2. The molecule has 3 rings (SSSR count). The van der Waals surface area contributed by atoms with Gasteiger partial charge < -0.3 is 10.2 Å². The number of rotatable bonds is 3. The molecule has 0 radical (unpaired) electrons. The third-order valence-corrected chi connectivity index (χ3v) is 3.58. The number of nitriles is 1. The van der Waals surface area contributed by atoms with E-state index in [-0.39, 0.29) is 23.4 Å². The second kappa shape index (κ2) is 6.23. The topological polar surface area (TPSA) is 99.0 Å². The minimum Gasteiger partial charge on any atom is -0.336 e. The first-order valence-corrected chi connectivity index (χ1v) is 7.03. The lowest BCUT2D eigenvalue weighted by molar-refractivity contribution is -0.123. The summed E-state index contributed by atoms with van der Waals surface area (Å²) in [7, 11) is 0. The van der Waals surface area contributed by atoms with Gasteiger partial charge in [-0.3, -0.25) is 14.6 Å². The molecule has 2 heterocycles. The Balaban J connectivity index is 1.56. The Morgan fingerprint density at radius 1 is 1.30 bits per heavy atom. The molecule has 0 atom stereocenters. The van der Waals surface area contributed by atoms with E-state index in [1.807, 2.05) is 6.07 Å². The Labute approximate surface area is 132 Å². The van der Waals surface area contributed by atoms with E-state index in [9.17, 15) is 9.59 Å². The Kier molecular flexibility index (Phi) is 3.97. The average Bonchev–Trinajstić information content (AvgIpc) is 2.54. The van der Waals surface area contributed by atoms with Crippen LogP contribution >= 0.6 is 0 Å². The highest BCUT2D eigenvalue weighted by molar-refractivity contribution is 5.97. The van der Waals surface area contributed by atoms with Gasteiger partial charge >= 0.3 is 0 Å². The number of benzene rings is 1. The molecule has 1 fully saturated rings. The summed E-state index contributed by atoms with van der Waals surface area (Å²) in [6, 6.07) is 8.73. The summed E-state index contributed by atoms with van der Waals surface area (Å²) < 4.78 is 0. The standard InChI is InChI=1S/C16H13N5O2/c17-7-11-2-1-3-13(6-11)20-15(22)12-9-21(10-12)16(23)14-8-18-4-5-19-14/h1-6,8,12H,9-10H2,(H,20,22). The van der Waals surface area contributed by atoms with Gasteiger partial charge in [-0.05, 0) is 18.2 Å². The highest BCUT2D eigenvalue weighted by Crippen LogP contribution is 2.20. The normalized spacial score (nSPS) is 13.8. The monoisotopic (exact) mass is 307 g/mol. The fraction of sp³-hybridized carbons (Fsp3) is 0.188. The molecule has 1 N–H and O–H groups in total. The quantitative estimate of drug-likeness (QED) is 0.914. The maximum absolute atomic E-state index is 12.1. The second-order valence-electron chi connectivity index (χ2n) is 5.18. The third-order valence-electron chi connectivity index (χ3n) is 3.58. The molecule has 1 saturated heterocycles. The zero-order valence-electron chi connectivity index (χ0n) is 12.1. The predicted molar refractivity (Wildman–Crippen MR) is 81.2 cm³/mol. The molecule has 0 spiro atoms. The van der Waals surface area contributed by atoms with Crippen molar-refractivity contribution in [3.05, 3.63) is 54.1 Å². The van der Waals surface area contributed by atoms with E-state index in [0.717, 1.165) is 0 Å². The molecule has 2 aromatic rings. The van der Waals surface area contributed by atoms with Crippen LogP contribution in [-0.2, 0) is 4.79 Å². The first kappa shape index (κ1) is 14.7. The van der Waals surface area contributed by atoms with Crippen LogP contribution in [0.15, 0.2) is 42.9 Å². The maximum Gasteiger partial charge on any atom is 0.274 e. The van der Waals surface area contributed by atoms with Gasteiger partial charge in [0.15, 0.2) is 0 Å². The summed E-state index contributed by atoms with van der Waals surface area (Å²) in [4.78, 5) is 33.6. The van der Waals surface area contributed by atoms with Gasteiger partial charge in [0.05, 0.1) is 23.7 Å². The van der Waals surface area contributed by atoms with Crippen LogP contribution in [0.1, 0.15) is 16.1 Å². The predicted octanol–water partition coefficient (Wildman–Crippen LogP) is 1.06. The van der Waals surface area contributed by atoms with Crippen LogP contribution in [0.2, 0.25) is 0 Å². The van der Waals surface area contributed by atoms with Gasteiger partial charge in [0.25, 0.3) is 5.91 Å². The number of likely N-dealkylation sites (tertiary alicyclic amines) is 1. The van der Waals surface area contributed by atoms with Crippen LogP contribution in [0.4, 0.5) is 5.69 Å². The molecular weight excluding hydrogens is 294 g/mol.